The average molecular weight is 237 g/mol. The quantitative estimate of drug-likeness (QED) is 0.548. The van der Waals surface area contributed by atoms with Crippen molar-refractivity contribution in [3.63, 3.8) is 0 Å². The van der Waals surface area contributed by atoms with Gasteiger partial charge in [0.25, 0.3) is 0 Å². The van der Waals surface area contributed by atoms with Crippen LogP contribution in [0.15, 0.2) is 35.5 Å². The standard InChI is InChI=1S/C16H15NO/c18-17-14-9-12-5-1-3-10-7-8-11-4-2-6-13(14)16(11)15(10)12/h2,4,6-8,12,18H,1,3,5,9H2/b17-14-. The summed E-state index contributed by atoms with van der Waals surface area (Å²) >= 11 is 0. The van der Waals surface area contributed by atoms with Gasteiger partial charge in [0, 0.05) is 12.0 Å². The Labute approximate surface area is 106 Å². The van der Waals surface area contributed by atoms with E-state index < -0.39 is 0 Å². The van der Waals surface area contributed by atoms with Gasteiger partial charge in [0.05, 0.1) is 5.71 Å². The van der Waals surface area contributed by atoms with Crippen LogP contribution in [0.5, 0.6) is 0 Å². The van der Waals surface area contributed by atoms with Gasteiger partial charge in [-0.25, -0.2) is 0 Å². The van der Waals surface area contributed by atoms with Crippen molar-refractivity contribution in [2.45, 2.75) is 31.6 Å². The van der Waals surface area contributed by atoms with Crippen LogP contribution in [0.25, 0.3) is 10.8 Å². The topological polar surface area (TPSA) is 32.6 Å². The molecule has 0 radical (unpaired) electrons. The molecule has 2 aliphatic carbocycles. The Morgan fingerprint density at radius 3 is 3.00 bits per heavy atom. The summed E-state index contributed by atoms with van der Waals surface area (Å²) in [4.78, 5) is 0. The van der Waals surface area contributed by atoms with Crippen molar-refractivity contribution >= 4 is 16.5 Å². The van der Waals surface area contributed by atoms with E-state index in [2.05, 4.69) is 35.5 Å². The smallest absolute Gasteiger partial charge is 0.0880 e. The minimum Gasteiger partial charge on any atom is -0.411 e. The number of benzene rings is 2. The summed E-state index contributed by atoms with van der Waals surface area (Å²) in [6, 6.07) is 10.8. The van der Waals surface area contributed by atoms with Crippen LogP contribution in [0, 0.1) is 0 Å². The van der Waals surface area contributed by atoms with Crippen LogP contribution in [-0.2, 0) is 6.42 Å². The molecule has 1 N–H and O–H groups in total. The van der Waals surface area contributed by atoms with E-state index in [0.29, 0.717) is 5.92 Å². The molecule has 1 atom stereocenters. The maximum Gasteiger partial charge on any atom is 0.0880 e. The first-order valence-electron chi connectivity index (χ1n) is 6.64. The summed E-state index contributed by atoms with van der Waals surface area (Å²) in [7, 11) is 0. The van der Waals surface area contributed by atoms with Crippen molar-refractivity contribution in [2.75, 3.05) is 0 Å². The van der Waals surface area contributed by atoms with Crippen LogP contribution >= 0.6 is 0 Å². The first-order valence-corrected chi connectivity index (χ1v) is 6.64. The molecule has 0 fully saturated rings. The fraction of sp³-hybridized carbons (Fsp3) is 0.312. The zero-order valence-corrected chi connectivity index (χ0v) is 10.2. The molecule has 0 aliphatic heterocycles. The Hall–Kier alpha value is -1.83. The number of aryl methyl sites for hydroxylation is 1. The summed E-state index contributed by atoms with van der Waals surface area (Å²) in [6.45, 7) is 0. The van der Waals surface area contributed by atoms with Crippen LogP contribution in [0.1, 0.15) is 41.9 Å². The van der Waals surface area contributed by atoms with Crippen LogP contribution in [0.3, 0.4) is 0 Å². The monoisotopic (exact) mass is 237 g/mol. The fourth-order valence-corrected chi connectivity index (χ4v) is 3.70. The van der Waals surface area contributed by atoms with Gasteiger partial charge in [0.2, 0.25) is 0 Å². The summed E-state index contributed by atoms with van der Waals surface area (Å²) in [5.41, 5.74) is 5.02. The fourth-order valence-electron chi connectivity index (χ4n) is 3.70. The molecule has 4 rings (SSSR count). The number of oxime groups is 1. The van der Waals surface area contributed by atoms with E-state index in [0.717, 1.165) is 17.7 Å². The van der Waals surface area contributed by atoms with Crippen LogP contribution in [0.4, 0.5) is 0 Å². The van der Waals surface area contributed by atoms with Gasteiger partial charge in [0.1, 0.15) is 0 Å². The molecule has 2 heteroatoms. The van der Waals surface area contributed by atoms with E-state index in [-0.39, 0.29) is 0 Å². The lowest BCUT2D eigenvalue weighted by molar-refractivity contribution is 0.317. The van der Waals surface area contributed by atoms with Crippen molar-refractivity contribution in [3.05, 3.63) is 47.0 Å². The largest absolute Gasteiger partial charge is 0.411 e. The average Bonchev–Trinajstić information content (AvgIpc) is 2.44. The lowest BCUT2D eigenvalue weighted by Crippen LogP contribution is -2.20. The van der Waals surface area contributed by atoms with E-state index in [4.69, 9.17) is 0 Å². The van der Waals surface area contributed by atoms with Gasteiger partial charge in [-0.2, -0.15) is 0 Å². The van der Waals surface area contributed by atoms with Crippen LogP contribution < -0.4 is 0 Å². The molecule has 0 aromatic heterocycles. The van der Waals surface area contributed by atoms with Gasteiger partial charge >= 0.3 is 0 Å². The third kappa shape index (κ3) is 1.20. The summed E-state index contributed by atoms with van der Waals surface area (Å²) in [5.74, 6) is 0.554. The summed E-state index contributed by atoms with van der Waals surface area (Å²) in [6.07, 6.45) is 4.56. The highest BCUT2D eigenvalue weighted by Gasteiger charge is 2.30. The Bertz CT molecular complexity index is 672. The molecule has 0 amide bonds. The van der Waals surface area contributed by atoms with Crippen molar-refractivity contribution < 1.29 is 5.21 Å². The second-order valence-corrected chi connectivity index (χ2v) is 5.38. The second kappa shape index (κ2) is 3.58. The molecule has 1 unspecified atom stereocenters. The predicted molar refractivity (Wildman–Crippen MR) is 72.6 cm³/mol. The third-order valence-electron chi connectivity index (χ3n) is 4.45. The minimum atomic E-state index is 0.554. The summed E-state index contributed by atoms with van der Waals surface area (Å²) < 4.78 is 0. The normalized spacial score (nSPS) is 23.6. The van der Waals surface area contributed by atoms with Gasteiger partial charge in [-0.3, -0.25) is 0 Å². The molecule has 2 aromatic carbocycles. The molecular weight excluding hydrogens is 222 g/mol. The molecular formula is C16H15NO. The second-order valence-electron chi connectivity index (χ2n) is 5.38. The minimum absolute atomic E-state index is 0.554. The SMILES string of the molecule is O/N=C1/CC2CCCc3ccc4cccc1c4c32. The van der Waals surface area contributed by atoms with Crippen molar-refractivity contribution in [1.29, 1.82) is 0 Å². The van der Waals surface area contributed by atoms with Gasteiger partial charge in [0.15, 0.2) is 0 Å². The summed E-state index contributed by atoms with van der Waals surface area (Å²) in [5, 5.41) is 15.4. The predicted octanol–water partition coefficient (Wildman–Crippen LogP) is 3.84. The molecule has 18 heavy (non-hydrogen) atoms. The number of nitrogens with zero attached hydrogens (tertiary/aromatic N) is 1. The van der Waals surface area contributed by atoms with Crippen LogP contribution in [0.2, 0.25) is 0 Å². The Balaban J connectivity index is 2.18. The molecule has 0 spiro atoms. The number of hydrogen-bond donors (Lipinski definition) is 1. The zero-order chi connectivity index (χ0) is 12.1. The highest BCUT2D eigenvalue weighted by Crippen LogP contribution is 2.44. The zero-order valence-electron chi connectivity index (χ0n) is 10.2. The highest BCUT2D eigenvalue weighted by molar-refractivity contribution is 6.14. The van der Waals surface area contributed by atoms with Crippen molar-refractivity contribution in [1.82, 2.24) is 0 Å². The van der Waals surface area contributed by atoms with Gasteiger partial charge in [-0.1, -0.05) is 35.5 Å². The van der Waals surface area contributed by atoms with Gasteiger partial charge < -0.3 is 5.21 Å². The van der Waals surface area contributed by atoms with Crippen LogP contribution in [-0.4, -0.2) is 10.9 Å². The van der Waals surface area contributed by atoms with Gasteiger partial charge in [-0.15, -0.1) is 0 Å². The maximum absolute atomic E-state index is 9.26. The number of rotatable bonds is 0. The van der Waals surface area contributed by atoms with Gasteiger partial charge in [-0.05, 0) is 47.1 Å². The third-order valence-corrected chi connectivity index (χ3v) is 4.45. The number of hydrogen-bond acceptors (Lipinski definition) is 2. The highest BCUT2D eigenvalue weighted by atomic mass is 16.4. The molecule has 0 bridgehead atoms. The molecule has 2 nitrogen and oxygen atoms in total. The maximum atomic E-state index is 9.26. The van der Waals surface area contributed by atoms with E-state index in [9.17, 15) is 5.21 Å². The Morgan fingerprint density at radius 2 is 2.11 bits per heavy atom. The molecule has 2 aromatic rings. The first kappa shape index (κ1) is 10.1. The Morgan fingerprint density at radius 1 is 1.17 bits per heavy atom. The molecule has 2 aliphatic rings. The lowest BCUT2D eigenvalue weighted by Gasteiger charge is -2.32. The lowest BCUT2D eigenvalue weighted by atomic mass is 9.72. The van der Waals surface area contributed by atoms with E-state index in [1.807, 2.05) is 0 Å². The molecule has 0 saturated carbocycles. The van der Waals surface area contributed by atoms with Crippen molar-refractivity contribution in [2.24, 2.45) is 5.16 Å². The van der Waals surface area contributed by atoms with E-state index in [1.54, 1.807) is 0 Å². The first-order chi connectivity index (χ1) is 8.88. The molecule has 0 heterocycles. The van der Waals surface area contributed by atoms with E-state index >= 15 is 0 Å². The molecule has 90 valence electrons. The molecule has 0 saturated heterocycles. The Kier molecular flexibility index (Phi) is 2.01. The van der Waals surface area contributed by atoms with E-state index in [1.165, 1.54) is 41.2 Å². The van der Waals surface area contributed by atoms with Crippen molar-refractivity contribution in [3.8, 4) is 0 Å².